The number of hydrogen-bond acceptors (Lipinski definition) is 3. The molecule has 1 aromatic heterocycles. The highest BCUT2D eigenvalue weighted by atomic mass is 16.5. The van der Waals surface area contributed by atoms with Crippen molar-refractivity contribution in [1.29, 1.82) is 0 Å². The molecule has 0 amide bonds. The molecule has 0 fully saturated rings. The quantitative estimate of drug-likeness (QED) is 0.440. The first-order valence-electron chi connectivity index (χ1n) is 10.3. The number of nitrogens with one attached hydrogen (secondary N) is 1. The molecule has 0 unspecified atom stereocenters. The average Bonchev–Trinajstić information content (AvgIpc) is 3.18. The predicted molar refractivity (Wildman–Crippen MR) is 126 cm³/mol. The second kappa shape index (κ2) is 9.30. The number of benzene rings is 3. The summed E-state index contributed by atoms with van der Waals surface area (Å²) in [5.74, 6) is 0.838. The molecule has 0 radical (unpaired) electrons. The van der Waals surface area contributed by atoms with Gasteiger partial charge < -0.3 is 4.74 Å². The first-order valence-corrected chi connectivity index (χ1v) is 10.3. The van der Waals surface area contributed by atoms with Crippen molar-refractivity contribution in [3.63, 3.8) is 0 Å². The summed E-state index contributed by atoms with van der Waals surface area (Å²) in [6.45, 7) is 2.50. The maximum absolute atomic E-state index is 13.3. The Labute approximate surface area is 181 Å². The second-order valence-electron chi connectivity index (χ2n) is 7.27. The van der Waals surface area contributed by atoms with E-state index in [-0.39, 0.29) is 5.56 Å². The monoisotopic (exact) mass is 411 g/mol. The van der Waals surface area contributed by atoms with Crippen LogP contribution in [-0.4, -0.2) is 29.1 Å². The zero-order chi connectivity index (χ0) is 21.6. The minimum atomic E-state index is -0.101. The van der Waals surface area contributed by atoms with Gasteiger partial charge in [0.25, 0.3) is 5.56 Å². The molecule has 3 aromatic carbocycles. The number of aromatic amines is 1. The van der Waals surface area contributed by atoms with Crippen molar-refractivity contribution in [2.24, 2.45) is 4.99 Å². The lowest BCUT2D eigenvalue weighted by molar-refractivity contribution is 0.414. The fraction of sp³-hybridized carbons (Fsp3) is 0.154. The molecule has 31 heavy (non-hydrogen) atoms. The van der Waals surface area contributed by atoms with Gasteiger partial charge >= 0.3 is 0 Å². The van der Waals surface area contributed by atoms with Crippen molar-refractivity contribution in [3.8, 4) is 22.7 Å². The fourth-order valence-corrected chi connectivity index (χ4v) is 3.57. The number of hydrogen-bond donors (Lipinski definition) is 1. The van der Waals surface area contributed by atoms with E-state index in [2.05, 4.69) is 5.10 Å². The number of aliphatic imine (C=N–C) groups is 1. The van der Waals surface area contributed by atoms with Crippen LogP contribution < -0.4 is 10.3 Å². The van der Waals surface area contributed by atoms with Crippen LogP contribution in [0, 0.1) is 0 Å². The molecule has 0 aliphatic rings. The Bertz CT molecular complexity index is 1220. The lowest BCUT2D eigenvalue weighted by Gasteiger charge is -2.04. The molecule has 0 saturated heterocycles. The van der Waals surface area contributed by atoms with Crippen molar-refractivity contribution in [1.82, 2.24) is 9.78 Å². The highest BCUT2D eigenvalue weighted by Gasteiger charge is 2.18. The molecule has 4 rings (SSSR count). The molecule has 5 heteroatoms. The van der Waals surface area contributed by atoms with Gasteiger partial charge in [0.1, 0.15) is 5.75 Å². The lowest BCUT2D eigenvalue weighted by atomic mass is 10.1. The zero-order valence-electron chi connectivity index (χ0n) is 17.7. The van der Waals surface area contributed by atoms with Gasteiger partial charge in [-0.25, -0.2) is 4.68 Å². The highest BCUT2D eigenvalue weighted by molar-refractivity contribution is 6.03. The summed E-state index contributed by atoms with van der Waals surface area (Å²) in [6.07, 6.45) is 0.791. The number of aromatic nitrogens is 2. The van der Waals surface area contributed by atoms with E-state index in [1.54, 1.807) is 11.8 Å². The molecule has 1 heterocycles. The molecular weight excluding hydrogens is 386 g/mol. The Morgan fingerprint density at radius 3 is 2.23 bits per heavy atom. The van der Waals surface area contributed by atoms with Crippen molar-refractivity contribution >= 4 is 5.71 Å². The third-order valence-electron chi connectivity index (χ3n) is 5.24. The molecule has 0 aliphatic heterocycles. The summed E-state index contributed by atoms with van der Waals surface area (Å²) in [5.41, 5.74) is 4.93. The van der Waals surface area contributed by atoms with Gasteiger partial charge in [0.2, 0.25) is 0 Å². The van der Waals surface area contributed by atoms with Gasteiger partial charge in [0.15, 0.2) is 0 Å². The van der Waals surface area contributed by atoms with Crippen LogP contribution in [0.15, 0.2) is 94.7 Å². The van der Waals surface area contributed by atoms with Crippen LogP contribution in [0.1, 0.15) is 18.1 Å². The SMILES string of the molecule is COc1ccc(CCN=C(C)c2c(-c3ccccc3)[nH]n(-c3ccccc3)c2=O)cc1. The second-order valence-corrected chi connectivity index (χ2v) is 7.27. The van der Waals surface area contributed by atoms with E-state index in [1.807, 2.05) is 91.9 Å². The van der Waals surface area contributed by atoms with Crippen molar-refractivity contribution < 1.29 is 4.74 Å². The largest absolute Gasteiger partial charge is 0.497 e. The summed E-state index contributed by atoms with van der Waals surface area (Å²) in [7, 11) is 1.66. The molecule has 5 nitrogen and oxygen atoms in total. The van der Waals surface area contributed by atoms with E-state index in [0.717, 1.165) is 34.8 Å². The Balaban J connectivity index is 1.67. The van der Waals surface area contributed by atoms with Crippen LogP contribution in [0.3, 0.4) is 0 Å². The minimum absolute atomic E-state index is 0.101. The van der Waals surface area contributed by atoms with Gasteiger partial charge in [0, 0.05) is 17.8 Å². The first kappa shape index (κ1) is 20.4. The van der Waals surface area contributed by atoms with Crippen molar-refractivity contribution in [2.75, 3.05) is 13.7 Å². The van der Waals surface area contributed by atoms with Gasteiger partial charge in [0.05, 0.1) is 24.1 Å². The van der Waals surface area contributed by atoms with E-state index in [4.69, 9.17) is 9.73 Å². The van der Waals surface area contributed by atoms with Gasteiger partial charge in [-0.05, 0) is 43.2 Å². The summed E-state index contributed by atoms with van der Waals surface area (Å²) >= 11 is 0. The predicted octanol–water partition coefficient (Wildman–Crippen LogP) is 4.89. The molecule has 1 N–H and O–H groups in total. The van der Waals surface area contributed by atoms with Crippen LogP contribution in [0.4, 0.5) is 0 Å². The Kier molecular flexibility index (Phi) is 6.13. The third kappa shape index (κ3) is 4.51. The number of methoxy groups -OCH3 is 1. The topological polar surface area (TPSA) is 59.4 Å². The third-order valence-corrected chi connectivity index (χ3v) is 5.24. The van der Waals surface area contributed by atoms with Crippen LogP contribution in [-0.2, 0) is 6.42 Å². The Morgan fingerprint density at radius 2 is 1.58 bits per heavy atom. The van der Waals surface area contributed by atoms with E-state index in [9.17, 15) is 4.79 Å². The zero-order valence-corrected chi connectivity index (χ0v) is 17.7. The normalized spacial score (nSPS) is 11.5. The Hall–Kier alpha value is -3.86. The molecule has 156 valence electrons. The maximum Gasteiger partial charge on any atom is 0.280 e. The van der Waals surface area contributed by atoms with Gasteiger partial charge in [-0.1, -0.05) is 60.7 Å². The van der Waals surface area contributed by atoms with Gasteiger partial charge in [-0.2, -0.15) is 0 Å². The van der Waals surface area contributed by atoms with E-state index >= 15 is 0 Å². The number of para-hydroxylation sites is 1. The van der Waals surface area contributed by atoms with Gasteiger partial charge in [-0.15, -0.1) is 0 Å². The van der Waals surface area contributed by atoms with Crippen LogP contribution in [0.5, 0.6) is 5.75 Å². The summed E-state index contributed by atoms with van der Waals surface area (Å²) in [6, 6.07) is 27.4. The summed E-state index contributed by atoms with van der Waals surface area (Å²) in [4.78, 5) is 18.1. The number of nitrogens with zero attached hydrogens (tertiary/aromatic N) is 2. The average molecular weight is 412 g/mol. The fourth-order valence-electron chi connectivity index (χ4n) is 3.57. The van der Waals surface area contributed by atoms with Crippen molar-refractivity contribution in [3.05, 3.63) is 106 Å². The van der Waals surface area contributed by atoms with Crippen molar-refractivity contribution in [2.45, 2.75) is 13.3 Å². The molecule has 0 bridgehead atoms. The maximum atomic E-state index is 13.3. The minimum Gasteiger partial charge on any atom is -0.497 e. The van der Waals surface area contributed by atoms with E-state index in [0.29, 0.717) is 12.1 Å². The highest BCUT2D eigenvalue weighted by Crippen LogP contribution is 2.21. The molecular formula is C26H25N3O2. The molecule has 0 spiro atoms. The van der Waals surface area contributed by atoms with Crippen LogP contribution >= 0.6 is 0 Å². The molecule has 4 aromatic rings. The first-order chi connectivity index (χ1) is 15.2. The number of H-pyrrole nitrogens is 1. The molecule has 0 atom stereocenters. The van der Waals surface area contributed by atoms with Crippen LogP contribution in [0.2, 0.25) is 0 Å². The molecule has 0 saturated carbocycles. The standard InChI is InChI=1S/C26H25N3O2/c1-19(27-18-17-20-13-15-23(31-2)16-14-20)24-25(21-9-5-3-6-10-21)28-29(26(24)30)22-11-7-4-8-12-22/h3-16,28H,17-18H2,1-2H3. The van der Waals surface area contributed by atoms with E-state index in [1.165, 1.54) is 5.56 Å². The lowest BCUT2D eigenvalue weighted by Crippen LogP contribution is -2.19. The number of ether oxygens (including phenoxy) is 1. The van der Waals surface area contributed by atoms with E-state index < -0.39 is 0 Å². The van der Waals surface area contributed by atoms with Crippen LogP contribution in [0.25, 0.3) is 16.9 Å². The summed E-state index contributed by atoms with van der Waals surface area (Å²) in [5, 5.41) is 3.29. The van der Waals surface area contributed by atoms with Gasteiger partial charge in [-0.3, -0.25) is 14.9 Å². The summed E-state index contributed by atoms with van der Waals surface area (Å²) < 4.78 is 6.79. The smallest absolute Gasteiger partial charge is 0.280 e. The molecule has 0 aliphatic carbocycles. The Morgan fingerprint density at radius 1 is 0.935 bits per heavy atom. The number of rotatable bonds is 7.